The Labute approximate surface area is 172 Å². The van der Waals surface area contributed by atoms with E-state index < -0.39 is 15.8 Å². The zero-order valence-electron chi connectivity index (χ0n) is 15.3. The Kier molecular flexibility index (Phi) is 6.19. The average molecular weight is 465 g/mol. The van der Waals surface area contributed by atoms with Crippen LogP contribution >= 0.6 is 15.9 Å². The van der Waals surface area contributed by atoms with Gasteiger partial charge >= 0.3 is 0 Å². The first-order valence-electron chi connectivity index (χ1n) is 8.47. The molecular formula is C19H21BrN4O3S. The van der Waals surface area contributed by atoms with Crippen LogP contribution in [0.3, 0.4) is 0 Å². The first-order chi connectivity index (χ1) is 13.2. The number of hydrogen-bond acceptors (Lipinski definition) is 6. The first kappa shape index (κ1) is 20.5. The van der Waals surface area contributed by atoms with Crippen LogP contribution in [-0.4, -0.2) is 37.8 Å². The summed E-state index contributed by atoms with van der Waals surface area (Å²) >= 11 is 3.52. The summed E-state index contributed by atoms with van der Waals surface area (Å²) in [6, 6.07) is 10.7. The Hall–Kier alpha value is -2.20. The SMILES string of the molecule is C=S(N)(=O)c1cccc(COc2cc3ncnc(NC[C@H](C)O)c3cc2Br)c1. The minimum Gasteiger partial charge on any atom is -0.488 e. The van der Waals surface area contributed by atoms with Crippen LogP contribution in [0.4, 0.5) is 5.82 Å². The Bertz CT molecular complexity index is 1100. The van der Waals surface area contributed by atoms with Crippen LogP contribution in [0.15, 0.2) is 52.1 Å². The maximum Gasteiger partial charge on any atom is 0.137 e. The predicted molar refractivity (Wildman–Crippen MR) is 116 cm³/mol. The van der Waals surface area contributed by atoms with Crippen molar-refractivity contribution in [2.24, 2.45) is 5.14 Å². The highest BCUT2D eigenvalue weighted by molar-refractivity contribution is 9.10. The molecule has 0 amide bonds. The van der Waals surface area contributed by atoms with Gasteiger partial charge in [0.25, 0.3) is 0 Å². The Balaban J connectivity index is 1.83. The van der Waals surface area contributed by atoms with Crippen molar-refractivity contribution >= 4 is 48.2 Å². The van der Waals surface area contributed by atoms with Gasteiger partial charge in [-0.25, -0.2) is 14.2 Å². The minimum atomic E-state index is -2.77. The molecule has 3 aromatic rings. The highest BCUT2D eigenvalue weighted by Crippen LogP contribution is 2.32. The number of aromatic nitrogens is 2. The predicted octanol–water partition coefficient (Wildman–Crippen LogP) is 2.71. The minimum absolute atomic E-state index is 0.270. The summed E-state index contributed by atoms with van der Waals surface area (Å²) in [4.78, 5) is 9.01. The molecule has 0 aliphatic rings. The van der Waals surface area contributed by atoms with Gasteiger partial charge in [-0.2, -0.15) is 0 Å². The Morgan fingerprint density at radius 1 is 1.36 bits per heavy atom. The lowest BCUT2D eigenvalue weighted by Crippen LogP contribution is -2.16. The molecule has 2 atom stereocenters. The van der Waals surface area contributed by atoms with Gasteiger partial charge in [0, 0.05) is 22.9 Å². The zero-order valence-corrected chi connectivity index (χ0v) is 17.7. The number of rotatable bonds is 7. The van der Waals surface area contributed by atoms with Crippen molar-refractivity contribution in [2.45, 2.75) is 24.5 Å². The number of hydrogen-bond donors (Lipinski definition) is 3. The highest BCUT2D eigenvalue weighted by Gasteiger charge is 2.11. The van der Waals surface area contributed by atoms with Crippen LogP contribution in [0.25, 0.3) is 10.9 Å². The smallest absolute Gasteiger partial charge is 0.137 e. The van der Waals surface area contributed by atoms with Crippen molar-refractivity contribution < 1.29 is 14.1 Å². The lowest BCUT2D eigenvalue weighted by atomic mass is 10.2. The van der Waals surface area contributed by atoms with Gasteiger partial charge in [-0.1, -0.05) is 12.1 Å². The third-order valence-electron chi connectivity index (χ3n) is 3.95. The number of aliphatic hydroxyl groups is 1. The molecule has 0 saturated carbocycles. The Morgan fingerprint density at radius 3 is 2.86 bits per heavy atom. The van der Waals surface area contributed by atoms with E-state index in [1.807, 2.05) is 18.2 Å². The zero-order chi connectivity index (χ0) is 20.3. The van der Waals surface area contributed by atoms with Crippen molar-refractivity contribution in [2.75, 3.05) is 11.9 Å². The molecule has 0 aliphatic heterocycles. The fraction of sp³-hybridized carbons (Fsp3) is 0.211. The molecule has 0 fully saturated rings. The summed E-state index contributed by atoms with van der Waals surface area (Å²) in [6.07, 6.45) is 0.966. The molecule has 0 spiro atoms. The number of aliphatic hydroxyl groups excluding tert-OH is 1. The summed E-state index contributed by atoms with van der Waals surface area (Å²) in [5.74, 6) is 4.75. The molecule has 1 heterocycles. The van der Waals surface area contributed by atoms with Crippen molar-refractivity contribution in [3.8, 4) is 5.75 Å². The number of nitrogens with one attached hydrogen (secondary N) is 1. The van der Waals surface area contributed by atoms with E-state index in [1.54, 1.807) is 25.1 Å². The number of fused-ring (bicyclic) bond motifs is 1. The van der Waals surface area contributed by atoms with E-state index in [-0.39, 0.29) is 6.61 Å². The van der Waals surface area contributed by atoms with E-state index in [0.717, 1.165) is 15.4 Å². The van der Waals surface area contributed by atoms with E-state index in [4.69, 9.17) is 9.88 Å². The molecule has 0 aliphatic carbocycles. The molecule has 7 nitrogen and oxygen atoms in total. The van der Waals surface area contributed by atoms with E-state index in [1.165, 1.54) is 6.33 Å². The maximum absolute atomic E-state index is 11.9. The quantitative estimate of drug-likeness (QED) is 0.463. The topological polar surface area (TPSA) is 110 Å². The summed E-state index contributed by atoms with van der Waals surface area (Å²) in [7, 11) is -2.77. The molecule has 1 unspecified atom stereocenters. The van der Waals surface area contributed by atoms with E-state index in [9.17, 15) is 9.32 Å². The second kappa shape index (κ2) is 8.44. The number of benzene rings is 2. The molecule has 9 heteroatoms. The second-order valence-corrected chi connectivity index (χ2v) is 9.19. The van der Waals surface area contributed by atoms with Gasteiger partial charge in [0.15, 0.2) is 0 Å². The number of ether oxygens (including phenoxy) is 1. The van der Waals surface area contributed by atoms with E-state index in [0.29, 0.717) is 28.5 Å². The van der Waals surface area contributed by atoms with Gasteiger partial charge in [-0.15, -0.1) is 0 Å². The molecule has 0 bridgehead atoms. The maximum atomic E-state index is 11.9. The molecule has 0 saturated heterocycles. The summed E-state index contributed by atoms with van der Waals surface area (Å²) in [5.41, 5.74) is 1.53. The largest absolute Gasteiger partial charge is 0.488 e. The standard InChI is InChI=1S/C19H21BrN4O3S/c1-12(25)9-22-19-15-7-16(20)18(8-17(15)23-11-24-19)27-10-13-4-3-5-14(6-13)28(2,21)26/h3-8,11-12,25H,2,9-10H2,1H3,(H2,21,26)(H,22,23,24)/t12-,28?/m0/s1. The lowest BCUT2D eigenvalue weighted by molar-refractivity contribution is 0.208. The number of halogens is 1. The molecular weight excluding hydrogens is 444 g/mol. The normalized spacial score (nSPS) is 14.4. The monoisotopic (exact) mass is 464 g/mol. The van der Waals surface area contributed by atoms with Crippen molar-refractivity contribution in [1.82, 2.24) is 9.97 Å². The molecule has 148 valence electrons. The number of nitrogens with zero attached hydrogens (tertiary/aromatic N) is 2. The molecule has 3 rings (SSSR count). The van der Waals surface area contributed by atoms with Crippen molar-refractivity contribution in [1.29, 1.82) is 0 Å². The molecule has 0 radical (unpaired) electrons. The van der Waals surface area contributed by atoms with Crippen LogP contribution in [0.1, 0.15) is 12.5 Å². The lowest BCUT2D eigenvalue weighted by Gasteiger charge is -2.13. The number of anilines is 1. The number of nitrogens with two attached hydrogens (primary N) is 1. The van der Waals surface area contributed by atoms with E-state index >= 15 is 0 Å². The molecule has 4 N–H and O–H groups in total. The third-order valence-corrected chi connectivity index (χ3v) is 5.62. The molecule has 28 heavy (non-hydrogen) atoms. The van der Waals surface area contributed by atoms with Crippen LogP contribution in [-0.2, 0) is 16.3 Å². The third kappa shape index (κ3) is 4.99. The second-order valence-electron chi connectivity index (χ2n) is 6.41. The fourth-order valence-electron chi connectivity index (χ4n) is 2.56. The molecule has 1 aromatic heterocycles. The highest BCUT2D eigenvalue weighted by atomic mass is 79.9. The van der Waals surface area contributed by atoms with Gasteiger partial charge in [0.05, 0.1) is 25.8 Å². The van der Waals surface area contributed by atoms with Gasteiger partial charge < -0.3 is 15.2 Å². The summed E-state index contributed by atoms with van der Waals surface area (Å²) in [5, 5.41) is 19.0. The summed E-state index contributed by atoms with van der Waals surface area (Å²) in [6.45, 7) is 2.35. The van der Waals surface area contributed by atoms with Gasteiger partial charge in [0.1, 0.15) is 24.5 Å². The fourth-order valence-corrected chi connectivity index (χ4v) is 3.68. The summed E-state index contributed by atoms with van der Waals surface area (Å²) < 4.78 is 18.6. The van der Waals surface area contributed by atoms with Crippen LogP contribution < -0.4 is 15.2 Å². The van der Waals surface area contributed by atoms with Crippen molar-refractivity contribution in [3.63, 3.8) is 0 Å². The average Bonchev–Trinajstić information content (AvgIpc) is 2.64. The first-order valence-corrected chi connectivity index (χ1v) is 11.1. The Morgan fingerprint density at radius 2 is 2.14 bits per heavy atom. The van der Waals surface area contributed by atoms with Crippen LogP contribution in [0, 0.1) is 0 Å². The van der Waals surface area contributed by atoms with E-state index in [2.05, 4.69) is 37.1 Å². The molecule has 2 aromatic carbocycles. The van der Waals surface area contributed by atoms with Gasteiger partial charge in [0.2, 0.25) is 0 Å². The van der Waals surface area contributed by atoms with Crippen LogP contribution in [0.2, 0.25) is 0 Å². The van der Waals surface area contributed by atoms with Crippen LogP contribution in [0.5, 0.6) is 5.75 Å². The van der Waals surface area contributed by atoms with Gasteiger partial charge in [-0.05, 0) is 52.5 Å². The van der Waals surface area contributed by atoms with Gasteiger partial charge in [-0.3, -0.25) is 5.14 Å². The van der Waals surface area contributed by atoms with Crippen molar-refractivity contribution in [3.05, 3.63) is 52.8 Å².